The summed E-state index contributed by atoms with van der Waals surface area (Å²) in [6.07, 6.45) is 9.28. The van der Waals surface area contributed by atoms with E-state index in [1.54, 1.807) is 0 Å². The molecule has 2 rings (SSSR count). The number of allylic oxidation sites excluding steroid dienone is 2. The predicted octanol–water partition coefficient (Wildman–Crippen LogP) is 5.58. The number of hydrogen-bond donors (Lipinski definition) is 0. The predicted molar refractivity (Wildman–Crippen MR) is 81.8 cm³/mol. The summed E-state index contributed by atoms with van der Waals surface area (Å²) in [6, 6.07) is 4.63. The van der Waals surface area contributed by atoms with Gasteiger partial charge in [0.15, 0.2) is 0 Å². The second-order valence-corrected chi connectivity index (χ2v) is 5.53. The second-order valence-electron chi connectivity index (χ2n) is 5.53. The highest BCUT2D eigenvalue weighted by molar-refractivity contribution is 5.78. The quantitative estimate of drug-likeness (QED) is 0.646. The largest absolute Gasteiger partial charge is 0.0952 e. The molecule has 0 saturated heterocycles. The van der Waals surface area contributed by atoms with Crippen molar-refractivity contribution < 1.29 is 0 Å². The molecule has 0 fully saturated rings. The Labute approximate surface area is 111 Å². The first-order valence-electron chi connectivity index (χ1n) is 7.15. The van der Waals surface area contributed by atoms with E-state index in [0.717, 1.165) is 12.8 Å². The lowest BCUT2D eigenvalue weighted by molar-refractivity contribution is 0.811. The third-order valence-corrected chi connectivity index (χ3v) is 3.79. The van der Waals surface area contributed by atoms with Crippen molar-refractivity contribution in [3.8, 4) is 0 Å². The molecule has 0 unspecified atom stereocenters. The molecule has 0 nitrogen and oxygen atoms in total. The maximum atomic E-state index is 4.29. The number of aryl methyl sites for hydroxylation is 1. The number of fused-ring (bicyclic) bond motifs is 1. The smallest absolute Gasteiger partial charge is 0.0123 e. The molecule has 0 amide bonds. The van der Waals surface area contributed by atoms with Gasteiger partial charge in [-0.1, -0.05) is 51.6 Å². The van der Waals surface area contributed by atoms with Gasteiger partial charge in [0.05, 0.1) is 0 Å². The van der Waals surface area contributed by atoms with Gasteiger partial charge in [-0.25, -0.2) is 0 Å². The summed E-state index contributed by atoms with van der Waals surface area (Å²) in [4.78, 5) is 0. The van der Waals surface area contributed by atoms with Gasteiger partial charge in [0, 0.05) is 0 Å². The summed E-state index contributed by atoms with van der Waals surface area (Å²) in [5, 5.41) is 0. The lowest BCUT2D eigenvalue weighted by Gasteiger charge is -2.24. The van der Waals surface area contributed by atoms with Crippen molar-refractivity contribution in [3.63, 3.8) is 0 Å². The van der Waals surface area contributed by atoms with Crippen LogP contribution in [0, 0.1) is 0 Å². The zero-order valence-corrected chi connectivity index (χ0v) is 11.9. The fourth-order valence-corrected chi connectivity index (χ4v) is 2.84. The Kier molecular flexibility index (Phi) is 4.06. The van der Waals surface area contributed by atoms with Gasteiger partial charge in [0.2, 0.25) is 0 Å². The molecule has 1 aromatic carbocycles. The summed E-state index contributed by atoms with van der Waals surface area (Å²) in [5.41, 5.74) is 7.15. The summed E-state index contributed by atoms with van der Waals surface area (Å²) >= 11 is 0. The van der Waals surface area contributed by atoms with Crippen molar-refractivity contribution in [1.82, 2.24) is 0 Å². The molecule has 0 heteroatoms. The minimum atomic E-state index is 0.571. The van der Waals surface area contributed by atoms with Gasteiger partial charge >= 0.3 is 0 Å². The molecular formula is C18H24. The van der Waals surface area contributed by atoms with E-state index < -0.39 is 0 Å². The third kappa shape index (κ3) is 2.43. The Morgan fingerprint density at radius 3 is 2.72 bits per heavy atom. The van der Waals surface area contributed by atoms with E-state index in [2.05, 4.69) is 51.6 Å². The highest BCUT2D eigenvalue weighted by Crippen LogP contribution is 2.36. The van der Waals surface area contributed by atoms with Crippen molar-refractivity contribution in [3.05, 3.63) is 47.0 Å². The second kappa shape index (κ2) is 5.56. The average molecular weight is 240 g/mol. The van der Waals surface area contributed by atoms with E-state index in [1.807, 2.05) is 0 Å². The fourth-order valence-electron chi connectivity index (χ4n) is 2.84. The van der Waals surface area contributed by atoms with Gasteiger partial charge in [-0.05, 0) is 59.4 Å². The number of benzene rings is 1. The minimum absolute atomic E-state index is 0.571. The molecule has 0 N–H and O–H groups in total. The van der Waals surface area contributed by atoms with Crippen LogP contribution in [-0.2, 0) is 6.42 Å². The van der Waals surface area contributed by atoms with E-state index in [9.17, 15) is 0 Å². The maximum absolute atomic E-state index is 4.29. The molecule has 1 aromatic rings. The molecule has 0 bridgehead atoms. The van der Waals surface area contributed by atoms with Gasteiger partial charge in [-0.15, -0.1) is 0 Å². The third-order valence-electron chi connectivity index (χ3n) is 3.79. The molecule has 18 heavy (non-hydrogen) atoms. The first-order valence-corrected chi connectivity index (χ1v) is 7.15. The molecule has 96 valence electrons. The van der Waals surface area contributed by atoms with E-state index in [1.165, 1.54) is 40.7 Å². The molecule has 0 saturated carbocycles. The topological polar surface area (TPSA) is 0 Å². The van der Waals surface area contributed by atoms with Crippen molar-refractivity contribution in [2.45, 2.75) is 52.4 Å². The van der Waals surface area contributed by atoms with Crippen molar-refractivity contribution in [2.75, 3.05) is 0 Å². The summed E-state index contributed by atoms with van der Waals surface area (Å²) in [5.74, 6) is 0.571. The SMILES string of the molecule is C=C1CCCc2ccc(C(C)C)c(/C=C\CC)c21. The molecule has 0 atom stereocenters. The first-order chi connectivity index (χ1) is 8.65. The van der Waals surface area contributed by atoms with Gasteiger partial charge in [0.1, 0.15) is 0 Å². The van der Waals surface area contributed by atoms with Crippen LogP contribution in [0.1, 0.15) is 68.2 Å². The molecule has 0 aromatic heterocycles. The minimum Gasteiger partial charge on any atom is -0.0952 e. The Balaban J connectivity index is 2.62. The van der Waals surface area contributed by atoms with Gasteiger partial charge in [-0.3, -0.25) is 0 Å². The average Bonchev–Trinajstić information content (AvgIpc) is 2.35. The van der Waals surface area contributed by atoms with Crippen LogP contribution < -0.4 is 0 Å². The molecule has 0 spiro atoms. The summed E-state index contributed by atoms with van der Waals surface area (Å²) < 4.78 is 0. The van der Waals surface area contributed by atoms with E-state index in [-0.39, 0.29) is 0 Å². The molecule has 1 aliphatic carbocycles. The Hall–Kier alpha value is -1.30. The molecular weight excluding hydrogens is 216 g/mol. The summed E-state index contributed by atoms with van der Waals surface area (Å²) in [7, 11) is 0. The standard InChI is InChI=1S/C18H24/c1-5-6-10-17-16(13(2)3)12-11-15-9-7-8-14(4)18(15)17/h6,10-13H,4-5,7-9H2,1-3H3/b10-6-. The van der Waals surface area contributed by atoms with Crippen molar-refractivity contribution in [2.24, 2.45) is 0 Å². The van der Waals surface area contributed by atoms with Crippen LogP contribution in [-0.4, -0.2) is 0 Å². The van der Waals surface area contributed by atoms with Crippen LogP contribution in [0.5, 0.6) is 0 Å². The lowest BCUT2D eigenvalue weighted by atomic mass is 9.81. The van der Waals surface area contributed by atoms with Crippen LogP contribution >= 0.6 is 0 Å². The van der Waals surface area contributed by atoms with Crippen LogP contribution in [0.25, 0.3) is 11.6 Å². The number of rotatable bonds is 3. The van der Waals surface area contributed by atoms with E-state index >= 15 is 0 Å². The summed E-state index contributed by atoms with van der Waals surface area (Å²) in [6.45, 7) is 11.0. The first kappa shape index (κ1) is 13.1. The zero-order valence-electron chi connectivity index (χ0n) is 11.9. The highest BCUT2D eigenvalue weighted by Gasteiger charge is 2.18. The molecule has 1 aliphatic rings. The van der Waals surface area contributed by atoms with E-state index in [4.69, 9.17) is 0 Å². The number of hydrogen-bond acceptors (Lipinski definition) is 0. The monoisotopic (exact) mass is 240 g/mol. The van der Waals surface area contributed by atoms with Gasteiger partial charge < -0.3 is 0 Å². The molecule has 0 heterocycles. The lowest BCUT2D eigenvalue weighted by Crippen LogP contribution is -2.06. The molecule has 0 radical (unpaired) electrons. The van der Waals surface area contributed by atoms with Crippen LogP contribution in [0.2, 0.25) is 0 Å². The van der Waals surface area contributed by atoms with Crippen molar-refractivity contribution in [1.29, 1.82) is 0 Å². The zero-order chi connectivity index (χ0) is 13.1. The Morgan fingerprint density at radius 2 is 2.06 bits per heavy atom. The van der Waals surface area contributed by atoms with E-state index in [0.29, 0.717) is 5.92 Å². The van der Waals surface area contributed by atoms with Crippen LogP contribution in [0.4, 0.5) is 0 Å². The van der Waals surface area contributed by atoms with Gasteiger partial charge in [-0.2, -0.15) is 0 Å². The molecule has 0 aliphatic heterocycles. The normalized spacial score (nSPS) is 15.4. The van der Waals surface area contributed by atoms with Crippen molar-refractivity contribution >= 4 is 11.6 Å². The Morgan fingerprint density at radius 1 is 1.28 bits per heavy atom. The Bertz CT molecular complexity index is 475. The van der Waals surface area contributed by atoms with Crippen LogP contribution in [0.15, 0.2) is 24.8 Å². The highest BCUT2D eigenvalue weighted by atomic mass is 14.2. The maximum Gasteiger partial charge on any atom is -0.0123 e. The van der Waals surface area contributed by atoms with Crippen LogP contribution in [0.3, 0.4) is 0 Å². The fraction of sp³-hybridized carbons (Fsp3) is 0.444. The van der Waals surface area contributed by atoms with Gasteiger partial charge in [0.25, 0.3) is 0 Å².